The minimum atomic E-state index is -0.347. The monoisotopic (exact) mass is 554 g/mol. The van der Waals surface area contributed by atoms with Crippen LogP contribution in [-0.2, 0) is 20.8 Å². The Morgan fingerprint density at radius 2 is 1.76 bits per heavy atom. The second-order valence-electron chi connectivity index (χ2n) is 10.6. The first-order valence-electron chi connectivity index (χ1n) is 14.6. The molecular weight excluding hydrogens is 516 g/mol. The fourth-order valence-corrected chi connectivity index (χ4v) is 5.08. The Kier molecular flexibility index (Phi) is 10.1. The number of amides is 2. The number of fused-ring (bicyclic) bond motifs is 1. The van der Waals surface area contributed by atoms with Crippen molar-refractivity contribution in [2.45, 2.75) is 70.1 Å². The van der Waals surface area contributed by atoms with Gasteiger partial charge in [0.2, 0.25) is 5.91 Å². The molecule has 41 heavy (non-hydrogen) atoms. The molecule has 1 aliphatic rings. The smallest absolute Gasteiger partial charge is 0.251 e. The van der Waals surface area contributed by atoms with Crippen molar-refractivity contribution >= 4 is 22.8 Å². The van der Waals surface area contributed by atoms with E-state index < -0.39 is 0 Å². The highest BCUT2D eigenvalue weighted by molar-refractivity contribution is 5.94. The molecule has 0 bridgehead atoms. The van der Waals surface area contributed by atoms with Crippen molar-refractivity contribution in [3.8, 4) is 0 Å². The van der Waals surface area contributed by atoms with Gasteiger partial charge < -0.3 is 15.0 Å². The largest absolute Gasteiger partial charge is 0.350 e. The molecule has 8 nitrogen and oxygen atoms in total. The molecule has 0 saturated carbocycles. The fourth-order valence-electron chi connectivity index (χ4n) is 5.08. The summed E-state index contributed by atoms with van der Waals surface area (Å²) in [6, 6.07) is 25.6. The molecule has 1 fully saturated rings. The summed E-state index contributed by atoms with van der Waals surface area (Å²) in [4.78, 5) is 38.9. The van der Waals surface area contributed by atoms with E-state index in [2.05, 4.69) is 46.1 Å². The number of benzene rings is 3. The minimum absolute atomic E-state index is 0.137. The van der Waals surface area contributed by atoms with Gasteiger partial charge in [0.1, 0.15) is 5.82 Å². The van der Waals surface area contributed by atoms with Gasteiger partial charge in [-0.2, -0.15) is 0 Å². The van der Waals surface area contributed by atoms with Crippen molar-refractivity contribution in [1.82, 2.24) is 20.8 Å². The van der Waals surface area contributed by atoms with Crippen LogP contribution in [0, 0.1) is 0 Å². The number of ether oxygens (including phenoxy) is 1. The number of unbranched alkanes of at least 4 members (excludes halogenated alkanes) is 2. The van der Waals surface area contributed by atoms with Crippen LogP contribution >= 0.6 is 0 Å². The van der Waals surface area contributed by atoms with E-state index in [1.165, 1.54) is 11.1 Å². The standard InChI is InChI=1S/C33H38N4O4/c38-30(37-41-31-18-10-11-21-40-31)17-9-3-8-16-28(36-33(39)26-14-6-2-7-15-26)32-34-27-20-19-25(23-29(27)35-32)22-24-12-4-1-5-13-24/h1-2,4-7,12-15,19-20,23,28,31H,3,8-11,16-18,21-22H2,(H,34,35)(H,36,39)(H,37,38)/t28-,31?/m0/s1. The molecule has 1 unspecified atom stereocenters. The van der Waals surface area contributed by atoms with Gasteiger partial charge in [0.05, 0.1) is 17.1 Å². The number of hydroxylamine groups is 1. The van der Waals surface area contributed by atoms with Gasteiger partial charge in [-0.25, -0.2) is 15.3 Å². The van der Waals surface area contributed by atoms with Crippen molar-refractivity contribution in [3.05, 3.63) is 101 Å². The third-order valence-corrected chi connectivity index (χ3v) is 7.33. The van der Waals surface area contributed by atoms with Gasteiger partial charge in [0.25, 0.3) is 5.91 Å². The van der Waals surface area contributed by atoms with Crippen LogP contribution in [0.1, 0.15) is 84.7 Å². The molecule has 4 aromatic rings. The lowest BCUT2D eigenvalue weighted by atomic mass is 10.0. The molecule has 214 valence electrons. The van der Waals surface area contributed by atoms with Crippen LogP contribution in [0.3, 0.4) is 0 Å². The average Bonchev–Trinajstić information content (AvgIpc) is 3.44. The SMILES string of the molecule is O=C(CCCCC[C@H](NC(=O)c1ccccc1)c1nc2cc(Cc3ccccc3)ccc2[nH]1)NOC1CCCCO1. The highest BCUT2D eigenvalue weighted by Crippen LogP contribution is 2.24. The number of aromatic nitrogens is 2. The van der Waals surface area contributed by atoms with E-state index in [9.17, 15) is 9.59 Å². The molecule has 1 aliphatic heterocycles. The summed E-state index contributed by atoms with van der Waals surface area (Å²) in [5.74, 6) is 0.457. The number of aromatic amines is 1. The summed E-state index contributed by atoms with van der Waals surface area (Å²) >= 11 is 0. The Hall–Kier alpha value is -4.01. The van der Waals surface area contributed by atoms with Gasteiger partial charge in [0, 0.05) is 25.0 Å². The van der Waals surface area contributed by atoms with Crippen LogP contribution in [0.15, 0.2) is 78.9 Å². The lowest BCUT2D eigenvalue weighted by Crippen LogP contribution is -2.32. The molecule has 0 aliphatic carbocycles. The molecule has 0 spiro atoms. The maximum Gasteiger partial charge on any atom is 0.251 e. The van der Waals surface area contributed by atoms with Gasteiger partial charge in [-0.05, 0) is 67.5 Å². The van der Waals surface area contributed by atoms with E-state index in [1.807, 2.05) is 36.4 Å². The zero-order valence-corrected chi connectivity index (χ0v) is 23.3. The van der Waals surface area contributed by atoms with E-state index in [-0.39, 0.29) is 24.1 Å². The number of H-pyrrole nitrogens is 1. The Morgan fingerprint density at radius 3 is 2.54 bits per heavy atom. The highest BCUT2D eigenvalue weighted by atomic mass is 16.8. The molecule has 1 aromatic heterocycles. The maximum absolute atomic E-state index is 13.1. The first-order valence-corrected chi connectivity index (χ1v) is 14.6. The maximum atomic E-state index is 13.1. The van der Waals surface area contributed by atoms with E-state index in [0.29, 0.717) is 25.0 Å². The molecule has 2 atom stereocenters. The molecule has 2 amide bonds. The number of hydrogen-bond donors (Lipinski definition) is 3. The summed E-state index contributed by atoms with van der Waals surface area (Å²) < 4.78 is 5.48. The Balaban J connectivity index is 1.19. The lowest BCUT2D eigenvalue weighted by Gasteiger charge is -2.22. The number of nitrogens with zero attached hydrogens (tertiary/aromatic N) is 1. The second kappa shape index (κ2) is 14.6. The Labute approximate surface area is 240 Å². The van der Waals surface area contributed by atoms with Gasteiger partial charge in [-0.1, -0.05) is 67.4 Å². The first kappa shape index (κ1) is 28.5. The number of carbonyl (C=O) groups is 2. The Bertz CT molecular complexity index is 1400. The third-order valence-electron chi connectivity index (χ3n) is 7.33. The van der Waals surface area contributed by atoms with Crippen molar-refractivity contribution in [1.29, 1.82) is 0 Å². The van der Waals surface area contributed by atoms with Crippen molar-refractivity contribution in [3.63, 3.8) is 0 Å². The third kappa shape index (κ3) is 8.49. The molecule has 5 rings (SSSR count). The zero-order valence-electron chi connectivity index (χ0n) is 23.3. The summed E-state index contributed by atoms with van der Waals surface area (Å²) in [5, 5.41) is 3.18. The van der Waals surface area contributed by atoms with Crippen LogP contribution in [0.5, 0.6) is 0 Å². The number of nitrogens with one attached hydrogen (secondary N) is 3. The van der Waals surface area contributed by atoms with Crippen LogP contribution in [0.2, 0.25) is 0 Å². The summed E-state index contributed by atoms with van der Waals surface area (Å²) in [6.45, 7) is 0.669. The normalized spacial score (nSPS) is 15.9. The van der Waals surface area contributed by atoms with Gasteiger partial charge in [0.15, 0.2) is 6.29 Å². The van der Waals surface area contributed by atoms with Crippen LogP contribution in [-0.4, -0.2) is 34.7 Å². The fraction of sp³-hybridized carbons (Fsp3) is 0.364. The molecule has 1 saturated heterocycles. The molecular formula is C33H38N4O4. The van der Waals surface area contributed by atoms with Crippen LogP contribution in [0.25, 0.3) is 11.0 Å². The zero-order chi connectivity index (χ0) is 28.3. The predicted octanol–water partition coefficient (Wildman–Crippen LogP) is 6.15. The molecule has 2 heterocycles. The van der Waals surface area contributed by atoms with Gasteiger partial charge in [-0.3, -0.25) is 9.59 Å². The molecule has 8 heteroatoms. The quantitative estimate of drug-likeness (QED) is 0.136. The average molecular weight is 555 g/mol. The van der Waals surface area contributed by atoms with E-state index >= 15 is 0 Å². The molecule has 3 N–H and O–H groups in total. The van der Waals surface area contributed by atoms with Gasteiger partial charge >= 0.3 is 0 Å². The lowest BCUT2D eigenvalue weighted by molar-refractivity contribution is -0.200. The van der Waals surface area contributed by atoms with Crippen molar-refractivity contribution in [2.24, 2.45) is 0 Å². The first-order chi connectivity index (χ1) is 20.1. The second-order valence-corrected chi connectivity index (χ2v) is 10.6. The van der Waals surface area contributed by atoms with Crippen LogP contribution in [0.4, 0.5) is 0 Å². The van der Waals surface area contributed by atoms with Crippen molar-refractivity contribution in [2.75, 3.05) is 6.61 Å². The van der Waals surface area contributed by atoms with E-state index in [4.69, 9.17) is 14.6 Å². The predicted molar refractivity (Wildman–Crippen MR) is 158 cm³/mol. The summed E-state index contributed by atoms with van der Waals surface area (Å²) in [6.07, 6.45) is 6.83. The van der Waals surface area contributed by atoms with Crippen LogP contribution < -0.4 is 10.8 Å². The summed E-state index contributed by atoms with van der Waals surface area (Å²) in [5.41, 5.74) is 7.38. The number of hydrogen-bond acceptors (Lipinski definition) is 5. The minimum Gasteiger partial charge on any atom is -0.350 e. The van der Waals surface area contributed by atoms with Crippen molar-refractivity contribution < 1.29 is 19.2 Å². The van der Waals surface area contributed by atoms with Gasteiger partial charge in [-0.15, -0.1) is 0 Å². The number of rotatable bonds is 13. The molecule has 0 radical (unpaired) electrons. The number of carbonyl (C=O) groups excluding carboxylic acids is 2. The number of imidazole rings is 1. The Morgan fingerprint density at radius 1 is 0.951 bits per heavy atom. The van der Waals surface area contributed by atoms with E-state index in [0.717, 1.165) is 61.8 Å². The topological polar surface area (TPSA) is 105 Å². The van der Waals surface area contributed by atoms with E-state index in [1.54, 1.807) is 12.1 Å². The summed E-state index contributed by atoms with van der Waals surface area (Å²) in [7, 11) is 0. The molecule has 3 aromatic carbocycles. The highest BCUT2D eigenvalue weighted by Gasteiger charge is 2.20.